The quantitative estimate of drug-likeness (QED) is 0.709. The van der Waals surface area contributed by atoms with Crippen LogP contribution in [-0.2, 0) is 6.54 Å². The Bertz CT molecular complexity index is 851. The number of aryl methyl sites for hydroxylation is 1. The second-order valence-electron chi connectivity index (χ2n) is 6.66. The lowest BCUT2D eigenvalue weighted by atomic mass is 10.1. The number of nitrogens with zero attached hydrogens (tertiary/aromatic N) is 3. The Morgan fingerprint density at radius 3 is 2.64 bits per heavy atom. The molecule has 1 fully saturated rings. The second kappa shape index (κ2) is 6.73. The highest BCUT2D eigenvalue weighted by atomic mass is 16.5. The first-order valence-electron chi connectivity index (χ1n) is 8.69. The first-order valence-corrected chi connectivity index (χ1v) is 8.69. The molecule has 3 aromatic rings. The Morgan fingerprint density at radius 2 is 1.88 bits per heavy atom. The summed E-state index contributed by atoms with van der Waals surface area (Å²) in [5.41, 5.74) is 3.70. The van der Waals surface area contributed by atoms with Crippen LogP contribution < -0.4 is 4.74 Å². The van der Waals surface area contributed by atoms with E-state index in [9.17, 15) is 0 Å². The molecule has 2 heterocycles. The molecule has 1 saturated heterocycles. The molecule has 0 spiro atoms. The lowest BCUT2D eigenvalue weighted by Gasteiger charge is -2.41. The van der Waals surface area contributed by atoms with Gasteiger partial charge in [0, 0.05) is 37.1 Å². The van der Waals surface area contributed by atoms with Crippen LogP contribution in [0, 0.1) is 6.92 Å². The van der Waals surface area contributed by atoms with Crippen molar-refractivity contribution in [3.63, 3.8) is 0 Å². The number of rotatable bonds is 5. The largest absolute Gasteiger partial charge is 0.497 e. The average Bonchev–Trinajstić information content (AvgIpc) is 3.00. The van der Waals surface area contributed by atoms with Crippen LogP contribution in [0.1, 0.15) is 17.3 Å². The number of imidazole rings is 1. The van der Waals surface area contributed by atoms with Gasteiger partial charge in [-0.25, -0.2) is 4.98 Å². The SMILES string of the molecule is COc1cccc(CN2CC(n3c(C)cnc3-c3ccccc3)C2)c1. The van der Waals surface area contributed by atoms with Crippen LogP contribution in [0.4, 0.5) is 0 Å². The van der Waals surface area contributed by atoms with Gasteiger partial charge in [0.15, 0.2) is 0 Å². The minimum atomic E-state index is 0.489. The molecule has 0 saturated carbocycles. The van der Waals surface area contributed by atoms with Crippen molar-refractivity contribution in [2.75, 3.05) is 20.2 Å². The maximum absolute atomic E-state index is 5.32. The third-order valence-corrected chi connectivity index (χ3v) is 4.86. The zero-order valence-corrected chi connectivity index (χ0v) is 14.7. The topological polar surface area (TPSA) is 30.3 Å². The molecule has 0 N–H and O–H groups in total. The molecule has 0 bridgehead atoms. The van der Waals surface area contributed by atoms with E-state index >= 15 is 0 Å². The van der Waals surface area contributed by atoms with Crippen LogP contribution >= 0.6 is 0 Å². The molecule has 1 aromatic heterocycles. The van der Waals surface area contributed by atoms with Crippen LogP contribution in [0.15, 0.2) is 60.8 Å². The summed E-state index contributed by atoms with van der Waals surface area (Å²) in [5, 5.41) is 0. The molecule has 0 radical (unpaired) electrons. The van der Waals surface area contributed by atoms with E-state index in [1.165, 1.54) is 16.8 Å². The van der Waals surface area contributed by atoms with E-state index < -0.39 is 0 Å². The molecular weight excluding hydrogens is 310 g/mol. The van der Waals surface area contributed by atoms with Gasteiger partial charge in [0.2, 0.25) is 0 Å². The third kappa shape index (κ3) is 3.17. The summed E-state index contributed by atoms with van der Waals surface area (Å²) in [7, 11) is 1.71. The summed E-state index contributed by atoms with van der Waals surface area (Å²) in [5.74, 6) is 2.00. The van der Waals surface area contributed by atoms with E-state index in [-0.39, 0.29) is 0 Å². The number of aromatic nitrogens is 2. The van der Waals surface area contributed by atoms with Gasteiger partial charge in [-0.15, -0.1) is 0 Å². The molecule has 0 atom stereocenters. The van der Waals surface area contributed by atoms with Gasteiger partial charge >= 0.3 is 0 Å². The van der Waals surface area contributed by atoms with Crippen LogP contribution in [-0.4, -0.2) is 34.7 Å². The molecule has 128 valence electrons. The van der Waals surface area contributed by atoms with Crippen molar-refractivity contribution >= 4 is 0 Å². The van der Waals surface area contributed by atoms with Gasteiger partial charge in [0.05, 0.1) is 13.2 Å². The van der Waals surface area contributed by atoms with Gasteiger partial charge in [0.25, 0.3) is 0 Å². The van der Waals surface area contributed by atoms with Gasteiger partial charge < -0.3 is 9.30 Å². The Balaban J connectivity index is 1.47. The number of benzene rings is 2. The normalized spacial score (nSPS) is 15.1. The summed E-state index contributed by atoms with van der Waals surface area (Å²) in [6, 6.07) is 19.3. The molecule has 2 aromatic carbocycles. The lowest BCUT2D eigenvalue weighted by Crippen LogP contribution is -2.47. The maximum atomic E-state index is 5.32. The third-order valence-electron chi connectivity index (χ3n) is 4.86. The molecule has 0 aliphatic carbocycles. The fourth-order valence-electron chi connectivity index (χ4n) is 3.57. The van der Waals surface area contributed by atoms with E-state index in [4.69, 9.17) is 4.74 Å². The second-order valence-corrected chi connectivity index (χ2v) is 6.66. The summed E-state index contributed by atoms with van der Waals surface area (Å²) >= 11 is 0. The van der Waals surface area contributed by atoms with Crippen molar-refractivity contribution < 1.29 is 4.74 Å². The monoisotopic (exact) mass is 333 g/mol. The predicted octanol–water partition coefficient (Wildman–Crippen LogP) is 3.92. The molecule has 4 nitrogen and oxygen atoms in total. The zero-order chi connectivity index (χ0) is 17.2. The number of ether oxygens (including phenoxy) is 1. The molecule has 0 unspecified atom stereocenters. The number of hydrogen-bond donors (Lipinski definition) is 0. The molecule has 25 heavy (non-hydrogen) atoms. The first-order chi connectivity index (χ1) is 12.2. The van der Waals surface area contributed by atoms with E-state index in [2.05, 4.69) is 63.8 Å². The Morgan fingerprint density at radius 1 is 1.08 bits per heavy atom. The molecule has 4 rings (SSSR count). The maximum Gasteiger partial charge on any atom is 0.140 e. The van der Waals surface area contributed by atoms with Crippen molar-refractivity contribution in [1.82, 2.24) is 14.5 Å². The van der Waals surface area contributed by atoms with Gasteiger partial charge in [0.1, 0.15) is 11.6 Å². The van der Waals surface area contributed by atoms with Crippen molar-refractivity contribution in [3.8, 4) is 17.1 Å². The average molecular weight is 333 g/mol. The van der Waals surface area contributed by atoms with Crippen molar-refractivity contribution in [3.05, 3.63) is 72.1 Å². The number of likely N-dealkylation sites (tertiary alicyclic amines) is 1. The minimum Gasteiger partial charge on any atom is -0.497 e. The highest BCUT2D eigenvalue weighted by Gasteiger charge is 2.30. The summed E-state index contributed by atoms with van der Waals surface area (Å²) in [4.78, 5) is 7.11. The fraction of sp³-hybridized carbons (Fsp3) is 0.286. The van der Waals surface area contributed by atoms with E-state index in [0.717, 1.165) is 31.2 Å². The van der Waals surface area contributed by atoms with E-state index in [0.29, 0.717) is 6.04 Å². The summed E-state index contributed by atoms with van der Waals surface area (Å²) in [6.07, 6.45) is 1.98. The van der Waals surface area contributed by atoms with E-state index in [1.54, 1.807) is 7.11 Å². The first kappa shape index (κ1) is 15.9. The molecular formula is C21H23N3O. The highest BCUT2D eigenvalue weighted by molar-refractivity contribution is 5.56. The highest BCUT2D eigenvalue weighted by Crippen LogP contribution is 2.30. The van der Waals surface area contributed by atoms with Crippen molar-refractivity contribution in [2.45, 2.75) is 19.5 Å². The Labute approximate surface area is 148 Å². The van der Waals surface area contributed by atoms with Gasteiger partial charge in [-0.2, -0.15) is 0 Å². The predicted molar refractivity (Wildman–Crippen MR) is 99.7 cm³/mol. The Kier molecular flexibility index (Phi) is 4.28. The van der Waals surface area contributed by atoms with E-state index in [1.807, 2.05) is 18.3 Å². The Hall–Kier alpha value is -2.59. The van der Waals surface area contributed by atoms with Crippen molar-refractivity contribution in [1.29, 1.82) is 0 Å². The summed E-state index contributed by atoms with van der Waals surface area (Å²) in [6.45, 7) is 5.20. The molecule has 0 amide bonds. The van der Waals surface area contributed by atoms with Crippen LogP contribution in [0.25, 0.3) is 11.4 Å². The number of hydrogen-bond acceptors (Lipinski definition) is 3. The fourth-order valence-corrected chi connectivity index (χ4v) is 3.57. The van der Waals surface area contributed by atoms with Gasteiger partial charge in [-0.05, 0) is 24.6 Å². The zero-order valence-electron chi connectivity index (χ0n) is 14.7. The minimum absolute atomic E-state index is 0.489. The lowest BCUT2D eigenvalue weighted by molar-refractivity contribution is 0.0986. The van der Waals surface area contributed by atoms with Gasteiger partial charge in [-0.3, -0.25) is 4.90 Å². The van der Waals surface area contributed by atoms with Gasteiger partial charge in [-0.1, -0.05) is 42.5 Å². The smallest absolute Gasteiger partial charge is 0.140 e. The molecule has 1 aliphatic rings. The van der Waals surface area contributed by atoms with Crippen molar-refractivity contribution in [2.24, 2.45) is 0 Å². The number of methoxy groups -OCH3 is 1. The molecule has 1 aliphatic heterocycles. The summed E-state index contributed by atoms with van der Waals surface area (Å²) < 4.78 is 7.70. The molecule has 4 heteroatoms. The van der Waals surface area contributed by atoms with Crippen LogP contribution in [0.2, 0.25) is 0 Å². The van der Waals surface area contributed by atoms with Crippen LogP contribution in [0.5, 0.6) is 5.75 Å². The standard InChI is InChI=1S/C21H23N3O/c1-16-12-22-21(18-8-4-3-5-9-18)24(16)19-14-23(15-19)13-17-7-6-10-20(11-17)25-2/h3-12,19H,13-15H2,1-2H3. The van der Waals surface area contributed by atoms with Crippen LogP contribution in [0.3, 0.4) is 0 Å².